The lowest BCUT2D eigenvalue weighted by atomic mass is 10.2. The van der Waals surface area contributed by atoms with Crippen molar-refractivity contribution in [1.82, 2.24) is 10.3 Å². The molecule has 23 heavy (non-hydrogen) atoms. The molecule has 122 valence electrons. The monoisotopic (exact) mass is 367 g/mol. The summed E-state index contributed by atoms with van der Waals surface area (Å²) in [4.78, 5) is 4.20. The minimum Gasteiger partial charge on any atom is -0.493 e. The second-order valence-corrected chi connectivity index (χ2v) is 6.56. The molecule has 7 heteroatoms. The molecule has 0 saturated heterocycles. The van der Waals surface area contributed by atoms with Crippen LogP contribution in [0, 0.1) is 0 Å². The van der Waals surface area contributed by atoms with Crippen LogP contribution in [0.15, 0.2) is 42.6 Å². The van der Waals surface area contributed by atoms with Gasteiger partial charge in [0, 0.05) is 29.3 Å². The maximum atomic E-state index is 5.87. The van der Waals surface area contributed by atoms with Crippen molar-refractivity contribution in [3.05, 3.63) is 53.2 Å². The highest BCUT2D eigenvalue weighted by Gasteiger charge is 2.04. The summed E-state index contributed by atoms with van der Waals surface area (Å²) in [6.07, 6.45) is 1.69. The fraction of sp³-hybridized carbons (Fsp3) is 0.250. The molecular weight excluding hydrogens is 350 g/mol. The Bertz CT molecular complexity index is 637. The van der Waals surface area contributed by atoms with E-state index in [1.165, 1.54) is 5.56 Å². The molecule has 0 fully saturated rings. The van der Waals surface area contributed by atoms with Crippen molar-refractivity contribution in [3.63, 3.8) is 0 Å². The van der Waals surface area contributed by atoms with E-state index in [-0.39, 0.29) is 0 Å². The highest BCUT2D eigenvalue weighted by molar-refractivity contribution is 7.98. The number of benzene rings is 1. The molecule has 0 atom stereocenters. The van der Waals surface area contributed by atoms with E-state index in [1.807, 2.05) is 48.2 Å². The van der Waals surface area contributed by atoms with E-state index in [9.17, 15) is 0 Å². The van der Waals surface area contributed by atoms with Crippen LogP contribution in [0.4, 0.5) is 5.82 Å². The Balaban J connectivity index is 1.66. The molecule has 1 aromatic carbocycles. The van der Waals surface area contributed by atoms with E-state index >= 15 is 0 Å². The molecule has 0 amide bonds. The molecule has 1 heterocycles. The van der Waals surface area contributed by atoms with Gasteiger partial charge < -0.3 is 15.4 Å². The van der Waals surface area contributed by atoms with Gasteiger partial charge in [0.1, 0.15) is 0 Å². The Labute approximate surface area is 151 Å². The van der Waals surface area contributed by atoms with Crippen LogP contribution in [0.2, 0.25) is 5.02 Å². The van der Waals surface area contributed by atoms with E-state index in [0.717, 1.165) is 23.1 Å². The van der Waals surface area contributed by atoms with Gasteiger partial charge in [-0.3, -0.25) is 0 Å². The molecule has 2 rings (SSSR count). The zero-order valence-corrected chi connectivity index (χ0v) is 15.1. The van der Waals surface area contributed by atoms with Gasteiger partial charge in [0.05, 0.1) is 7.11 Å². The van der Waals surface area contributed by atoms with Crippen LogP contribution in [0.5, 0.6) is 5.75 Å². The van der Waals surface area contributed by atoms with E-state index in [0.29, 0.717) is 16.7 Å². The number of nitrogens with zero attached hydrogens (tertiary/aromatic N) is 1. The van der Waals surface area contributed by atoms with Crippen molar-refractivity contribution in [2.75, 3.05) is 24.7 Å². The fourth-order valence-corrected chi connectivity index (χ4v) is 2.95. The fourth-order valence-electron chi connectivity index (χ4n) is 1.81. The normalized spacial score (nSPS) is 10.2. The average molecular weight is 368 g/mol. The lowest BCUT2D eigenvalue weighted by Gasteiger charge is -2.12. The third kappa shape index (κ3) is 6.25. The quantitative estimate of drug-likeness (QED) is 0.570. The summed E-state index contributed by atoms with van der Waals surface area (Å²) in [5.41, 5.74) is 1.26. The predicted octanol–water partition coefficient (Wildman–Crippen LogP) is 3.96. The molecule has 4 nitrogen and oxygen atoms in total. The smallest absolute Gasteiger partial charge is 0.174 e. The summed E-state index contributed by atoms with van der Waals surface area (Å²) < 4.78 is 5.22. The average Bonchev–Trinajstić information content (AvgIpc) is 2.57. The van der Waals surface area contributed by atoms with E-state index < -0.39 is 0 Å². The lowest BCUT2D eigenvalue weighted by Crippen LogP contribution is -2.30. The Hall–Kier alpha value is -1.50. The predicted molar refractivity (Wildman–Crippen MR) is 103 cm³/mol. The number of hydrogen-bond donors (Lipinski definition) is 2. The van der Waals surface area contributed by atoms with Crippen molar-refractivity contribution in [1.29, 1.82) is 0 Å². The van der Waals surface area contributed by atoms with Crippen LogP contribution >= 0.6 is 35.6 Å². The van der Waals surface area contributed by atoms with Crippen molar-refractivity contribution >= 4 is 46.5 Å². The molecule has 0 radical (unpaired) electrons. The molecule has 2 N–H and O–H groups in total. The Morgan fingerprint density at radius 1 is 1.30 bits per heavy atom. The molecule has 1 aromatic heterocycles. The lowest BCUT2D eigenvalue weighted by molar-refractivity contribution is 0.415. The van der Waals surface area contributed by atoms with Gasteiger partial charge in [0.25, 0.3) is 0 Å². The van der Waals surface area contributed by atoms with Gasteiger partial charge in [0.2, 0.25) is 0 Å². The van der Waals surface area contributed by atoms with Crippen LogP contribution in [-0.2, 0) is 5.75 Å². The Kier molecular flexibility index (Phi) is 7.45. The standard InChI is InChI=1S/C16H18ClN3OS2/c1-21-14-3-2-8-18-15(14)20-16(22)19-9-10-23-11-12-4-6-13(17)7-5-12/h2-8H,9-11H2,1H3,(H2,18,19,20,22). The van der Waals surface area contributed by atoms with Crippen LogP contribution in [0.25, 0.3) is 0 Å². The number of ether oxygens (including phenoxy) is 1. The second-order valence-electron chi connectivity index (χ2n) is 4.61. The van der Waals surface area contributed by atoms with Gasteiger partial charge in [-0.05, 0) is 42.0 Å². The topological polar surface area (TPSA) is 46.2 Å². The summed E-state index contributed by atoms with van der Waals surface area (Å²) in [5.74, 6) is 3.17. The van der Waals surface area contributed by atoms with Crippen molar-refractivity contribution < 1.29 is 4.74 Å². The van der Waals surface area contributed by atoms with Crippen molar-refractivity contribution in [2.45, 2.75) is 5.75 Å². The molecule has 2 aromatic rings. The van der Waals surface area contributed by atoms with Gasteiger partial charge >= 0.3 is 0 Å². The molecule has 0 saturated carbocycles. The Morgan fingerprint density at radius 3 is 2.83 bits per heavy atom. The first kappa shape index (κ1) is 17.8. The zero-order valence-electron chi connectivity index (χ0n) is 12.7. The van der Waals surface area contributed by atoms with E-state index in [1.54, 1.807) is 13.3 Å². The number of halogens is 1. The van der Waals surface area contributed by atoms with Crippen LogP contribution in [-0.4, -0.2) is 29.5 Å². The molecule has 0 bridgehead atoms. The molecule has 0 aliphatic carbocycles. The number of methoxy groups -OCH3 is 1. The van der Waals surface area contributed by atoms with Crippen molar-refractivity contribution in [3.8, 4) is 5.75 Å². The number of hydrogen-bond acceptors (Lipinski definition) is 4. The highest BCUT2D eigenvalue weighted by Crippen LogP contribution is 2.19. The van der Waals surface area contributed by atoms with Gasteiger partial charge in [-0.1, -0.05) is 23.7 Å². The molecule has 0 aliphatic heterocycles. The summed E-state index contributed by atoms with van der Waals surface area (Å²) in [6, 6.07) is 11.6. The number of thioether (sulfide) groups is 1. The van der Waals surface area contributed by atoms with Gasteiger partial charge in [0.15, 0.2) is 16.7 Å². The van der Waals surface area contributed by atoms with Crippen LogP contribution in [0.1, 0.15) is 5.56 Å². The molecule has 0 spiro atoms. The maximum absolute atomic E-state index is 5.87. The third-order valence-corrected chi connectivity index (χ3v) is 4.47. The Morgan fingerprint density at radius 2 is 2.09 bits per heavy atom. The van der Waals surface area contributed by atoms with E-state index in [4.69, 9.17) is 28.6 Å². The molecule has 0 unspecified atom stereocenters. The number of pyridine rings is 1. The number of nitrogens with one attached hydrogen (secondary N) is 2. The minimum absolute atomic E-state index is 0.536. The second kappa shape index (κ2) is 9.60. The SMILES string of the molecule is COc1cccnc1NC(=S)NCCSCc1ccc(Cl)cc1. The summed E-state index contributed by atoms with van der Waals surface area (Å²) in [5, 5.41) is 7.50. The maximum Gasteiger partial charge on any atom is 0.174 e. The van der Waals surface area contributed by atoms with Gasteiger partial charge in [-0.25, -0.2) is 4.98 Å². The first-order valence-corrected chi connectivity index (χ1v) is 8.99. The first-order chi connectivity index (χ1) is 11.2. The number of rotatable bonds is 7. The third-order valence-electron chi connectivity index (χ3n) is 2.94. The first-order valence-electron chi connectivity index (χ1n) is 7.05. The molecule has 0 aliphatic rings. The zero-order chi connectivity index (χ0) is 16.5. The van der Waals surface area contributed by atoms with E-state index in [2.05, 4.69) is 15.6 Å². The summed E-state index contributed by atoms with van der Waals surface area (Å²) >= 11 is 13.0. The minimum atomic E-state index is 0.536. The van der Waals surface area contributed by atoms with Crippen molar-refractivity contribution in [2.24, 2.45) is 0 Å². The van der Waals surface area contributed by atoms with Crippen LogP contribution in [0.3, 0.4) is 0 Å². The molecular formula is C16H18ClN3OS2. The highest BCUT2D eigenvalue weighted by atomic mass is 35.5. The number of thiocarbonyl (C=S) groups is 1. The largest absolute Gasteiger partial charge is 0.493 e. The number of anilines is 1. The van der Waals surface area contributed by atoms with Gasteiger partial charge in [-0.15, -0.1) is 0 Å². The number of aromatic nitrogens is 1. The van der Waals surface area contributed by atoms with Crippen LogP contribution < -0.4 is 15.4 Å². The summed E-state index contributed by atoms with van der Waals surface area (Å²) in [6.45, 7) is 0.777. The van der Waals surface area contributed by atoms with Gasteiger partial charge in [-0.2, -0.15) is 11.8 Å². The summed E-state index contributed by atoms with van der Waals surface area (Å²) in [7, 11) is 1.60.